The van der Waals surface area contributed by atoms with Crippen LogP contribution in [0.2, 0.25) is 0 Å². The molecule has 0 aliphatic rings. The van der Waals surface area contributed by atoms with Crippen LogP contribution < -0.4 is 5.43 Å². The van der Waals surface area contributed by atoms with Crippen LogP contribution in [0.5, 0.6) is 11.5 Å². The minimum Gasteiger partial charge on any atom is -0.508 e. The molecule has 0 unspecified atom stereocenters. The number of imidazole rings is 1. The fourth-order valence-corrected chi connectivity index (χ4v) is 3.87. The van der Waals surface area contributed by atoms with Gasteiger partial charge in [0.25, 0.3) is 5.91 Å². The van der Waals surface area contributed by atoms with Crippen LogP contribution in [0.25, 0.3) is 11.0 Å². The third kappa shape index (κ3) is 5.04. The number of para-hydroxylation sites is 2. The molecule has 4 aromatic rings. The highest BCUT2D eigenvalue weighted by molar-refractivity contribution is 7.99. The van der Waals surface area contributed by atoms with Crippen molar-refractivity contribution in [2.75, 3.05) is 5.75 Å². The Morgan fingerprint density at radius 1 is 1.06 bits per heavy atom. The van der Waals surface area contributed by atoms with E-state index in [9.17, 15) is 15.0 Å². The molecule has 8 heteroatoms. The molecule has 3 aromatic carbocycles. The molecule has 0 radical (unpaired) electrons. The number of hydrazone groups is 1. The first-order valence-electron chi connectivity index (χ1n) is 9.56. The lowest BCUT2D eigenvalue weighted by Gasteiger charge is -2.09. The number of amides is 1. The molecule has 1 amide bonds. The minimum absolute atomic E-state index is 0.0477. The Bertz CT molecular complexity index is 1240. The van der Waals surface area contributed by atoms with Gasteiger partial charge in [-0.15, -0.1) is 0 Å². The summed E-state index contributed by atoms with van der Waals surface area (Å²) in [7, 11) is 0. The highest BCUT2D eigenvalue weighted by Gasteiger charge is 2.13. The highest BCUT2D eigenvalue weighted by atomic mass is 32.2. The van der Waals surface area contributed by atoms with E-state index in [2.05, 4.69) is 32.2 Å². The molecular formula is C23H20N4O3S. The quantitative estimate of drug-likeness (QED) is 0.235. The molecule has 0 bridgehead atoms. The number of hydrogen-bond donors (Lipinski definition) is 3. The van der Waals surface area contributed by atoms with Crippen LogP contribution in [-0.2, 0) is 11.3 Å². The van der Waals surface area contributed by atoms with Crippen molar-refractivity contribution in [3.05, 3.63) is 83.9 Å². The van der Waals surface area contributed by atoms with Gasteiger partial charge in [0, 0.05) is 11.6 Å². The summed E-state index contributed by atoms with van der Waals surface area (Å²) in [4.78, 5) is 16.9. The van der Waals surface area contributed by atoms with Crippen molar-refractivity contribution in [2.24, 2.45) is 5.10 Å². The predicted molar refractivity (Wildman–Crippen MR) is 122 cm³/mol. The molecule has 3 N–H and O–H groups in total. The second-order valence-corrected chi connectivity index (χ2v) is 7.72. The van der Waals surface area contributed by atoms with E-state index in [-0.39, 0.29) is 23.2 Å². The van der Waals surface area contributed by atoms with Gasteiger partial charge in [-0.25, -0.2) is 10.4 Å². The lowest BCUT2D eigenvalue weighted by molar-refractivity contribution is -0.118. The molecule has 7 nitrogen and oxygen atoms in total. The number of nitrogens with one attached hydrogen (secondary N) is 1. The van der Waals surface area contributed by atoms with E-state index in [0.29, 0.717) is 12.1 Å². The maximum absolute atomic E-state index is 12.2. The fraction of sp³-hybridized carbons (Fsp3) is 0.0870. The average Bonchev–Trinajstić information content (AvgIpc) is 3.12. The molecule has 0 spiro atoms. The summed E-state index contributed by atoms with van der Waals surface area (Å²) in [5.41, 5.74) is 5.86. The maximum atomic E-state index is 12.2. The molecule has 0 fully saturated rings. The fourth-order valence-electron chi connectivity index (χ4n) is 3.06. The maximum Gasteiger partial charge on any atom is 0.250 e. The van der Waals surface area contributed by atoms with Gasteiger partial charge in [0.1, 0.15) is 11.5 Å². The van der Waals surface area contributed by atoms with Gasteiger partial charge in [-0.3, -0.25) is 4.79 Å². The molecule has 0 saturated carbocycles. The van der Waals surface area contributed by atoms with E-state index in [1.165, 1.54) is 36.2 Å². The van der Waals surface area contributed by atoms with E-state index in [1.807, 2.05) is 42.5 Å². The normalized spacial score (nSPS) is 11.2. The number of aromatic hydroxyl groups is 2. The molecule has 4 rings (SSSR count). The van der Waals surface area contributed by atoms with Crippen LogP contribution in [0.3, 0.4) is 0 Å². The Kier molecular flexibility index (Phi) is 6.18. The molecule has 31 heavy (non-hydrogen) atoms. The Balaban J connectivity index is 1.44. The molecule has 1 heterocycles. The lowest BCUT2D eigenvalue weighted by atomic mass is 10.2. The monoisotopic (exact) mass is 432 g/mol. The van der Waals surface area contributed by atoms with Gasteiger partial charge in [-0.05, 0) is 29.8 Å². The summed E-state index contributed by atoms with van der Waals surface area (Å²) in [6, 6.07) is 22.1. The summed E-state index contributed by atoms with van der Waals surface area (Å²) < 4.78 is 2.10. The number of thioether (sulfide) groups is 1. The summed E-state index contributed by atoms with van der Waals surface area (Å²) >= 11 is 1.33. The van der Waals surface area contributed by atoms with Crippen molar-refractivity contribution in [1.82, 2.24) is 15.0 Å². The second kappa shape index (κ2) is 9.36. The van der Waals surface area contributed by atoms with E-state index >= 15 is 0 Å². The third-order valence-corrected chi connectivity index (χ3v) is 5.52. The number of phenolic OH excluding ortho intramolecular Hbond substituents is 2. The van der Waals surface area contributed by atoms with Crippen LogP contribution >= 0.6 is 11.8 Å². The highest BCUT2D eigenvalue weighted by Crippen LogP contribution is 2.25. The first-order chi connectivity index (χ1) is 15.1. The van der Waals surface area contributed by atoms with Gasteiger partial charge < -0.3 is 14.8 Å². The number of carbonyl (C=O) groups excluding carboxylic acids is 1. The van der Waals surface area contributed by atoms with Crippen molar-refractivity contribution >= 4 is 34.9 Å². The zero-order chi connectivity index (χ0) is 21.6. The predicted octanol–water partition coefficient (Wildman–Crippen LogP) is 3.74. The summed E-state index contributed by atoms with van der Waals surface area (Å²) in [5.74, 6) is -0.329. The first kappa shape index (κ1) is 20.5. The Morgan fingerprint density at radius 3 is 2.65 bits per heavy atom. The van der Waals surface area contributed by atoms with Crippen LogP contribution in [-0.4, -0.2) is 37.6 Å². The van der Waals surface area contributed by atoms with Crippen LogP contribution in [0, 0.1) is 0 Å². The van der Waals surface area contributed by atoms with E-state index in [0.717, 1.165) is 21.8 Å². The molecule has 0 aliphatic carbocycles. The number of carbonyl (C=O) groups is 1. The van der Waals surface area contributed by atoms with Crippen molar-refractivity contribution in [3.63, 3.8) is 0 Å². The molecule has 0 saturated heterocycles. The third-order valence-electron chi connectivity index (χ3n) is 4.54. The molecule has 0 atom stereocenters. The number of benzene rings is 3. The Labute approximate surface area is 183 Å². The molecule has 0 aliphatic heterocycles. The number of nitrogens with zero attached hydrogens (tertiary/aromatic N) is 3. The number of phenols is 2. The largest absolute Gasteiger partial charge is 0.508 e. The topological polar surface area (TPSA) is 99.7 Å². The van der Waals surface area contributed by atoms with Gasteiger partial charge in [0.05, 0.1) is 29.5 Å². The number of aromatic nitrogens is 2. The lowest BCUT2D eigenvalue weighted by Crippen LogP contribution is -2.20. The van der Waals surface area contributed by atoms with Gasteiger partial charge in [-0.1, -0.05) is 54.2 Å². The van der Waals surface area contributed by atoms with Gasteiger partial charge in [-0.2, -0.15) is 5.10 Å². The Morgan fingerprint density at radius 2 is 1.84 bits per heavy atom. The van der Waals surface area contributed by atoms with E-state index < -0.39 is 0 Å². The van der Waals surface area contributed by atoms with Crippen molar-refractivity contribution in [2.45, 2.75) is 11.7 Å². The standard InChI is InChI=1S/C23H20N4O3S/c28-18-11-10-17(21(29)12-18)13-24-26-22(30)15-31-23-25-19-8-4-5-9-20(19)27(23)14-16-6-2-1-3-7-16/h1-13,28-29H,14-15H2,(H,26,30). The van der Waals surface area contributed by atoms with E-state index in [1.54, 1.807) is 0 Å². The van der Waals surface area contributed by atoms with Crippen LogP contribution in [0.4, 0.5) is 0 Å². The van der Waals surface area contributed by atoms with Crippen molar-refractivity contribution in [3.8, 4) is 11.5 Å². The van der Waals surface area contributed by atoms with Crippen molar-refractivity contribution in [1.29, 1.82) is 0 Å². The zero-order valence-electron chi connectivity index (χ0n) is 16.5. The SMILES string of the molecule is O=C(CSc1nc2ccccc2n1Cc1ccccc1)NN=Cc1ccc(O)cc1O. The number of hydrogen-bond acceptors (Lipinski definition) is 6. The van der Waals surface area contributed by atoms with Gasteiger partial charge in [0.2, 0.25) is 0 Å². The summed E-state index contributed by atoms with van der Waals surface area (Å²) in [5, 5.41) is 23.7. The minimum atomic E-state index is -0.294. The Hall–Kier alpha value is -3.78. The van der Waals surface area contributed by atoms with E-state index in [4.69, 9.17) is 0 Å². The summed E-state index contributed by atoms with van der Waals surface area (Å²) in [6.07, 6.45) is 1.32. The average molecular weight is 433 g/mol. The number of fused-ring (bicyclic) bond motifs is 1. The van der Waals surface area contributed by atoms with Gasteiger partial charge >= 0.3 is 0 Å². The molecule has 156 valence electrons. The second-order valence-electron chi connectivity index (χ2n) is 6.78. The van der Waals surface area contributed by atoms with Crippen LogP contribution in [0.1, 0.15) is 11.1 Å². The molecular weight excluding hydrogens is 412 g/mol. The molecule has 1 aromatic heterocycles. The number of rotatable bonds is 7. The summed E-state index contributed by atoms with van der Waals surface area (Å²) in [6.45, 7) is 0.656. The smallest absolute Gasteiger partial charge is 0.250 e. The van der Waals surface area contributed by atoms with Gasteiger partial charge in [0.15, 0.2) is 5.16 Å². The van der Waals surface area contributed by atoms with Crippen LogP contribution in [0.15, 0.2) is 83.1 Å². The zero-order valence-corrected chi connectivity index (χ0v) is 17.3. The first-order valence-corrected chi connectivity index (χ1v) is 10.5. The van der Waals surface area contributed by atoms with Crippen molar-refractivity contribution < 1.29 is 15.0 Å².